The van der Waals surface area contributed by atoms with E-state index in [0.717, 1.165) is 12.2 Å². The van der Waals surface area contributed by atoms with Crippen molar-refractivity contribution in [3.8, 4) is 5.75 Å². The number of nitrogens with two attached hydrogens (primary N) is 2. The van der Waals surface area contributed by atoms with E-state index in [9.17, 15) is 0 Å². The second-order valence-electron chi connectivity index (χ2n) is 8.06. The highest BCUT2D eigenvalue weighted by Crippen LogP contribution is 2.27. The molecule has 0 spiro atoms. The van der Waals surface area contributed by atoms with Gasteiger partial charge in [-0.05, 0) is 53.6 Å². The van der Waals surface area contributed by atoms with Crippen molar-refractivity contribution in [1.82, 2.24) is 0 Å². The molecule has 0 aliphatic heterocycles. The van der Waals surface area contributed by atoms with Crippen LogP contribution >= 0.6 is 22.6 Å². The van der Waals surface area contributed by atoms with Crippen LogP contribution in [0.4, 0.5) is 11.4 Å². The van der Waals surface area contributed by atoms with Gasteiger partial charge in [-0.3, -0.25) is 0 Å². The third-order valence-electron chi connectivity index (χ3n) is 5.32. The summed E-state index contributed by atoms with van der Waals surface area (Å²) >= 11 is 2.36. The van der Waals surface area contributed by atoms with Gasteiger partial charge in [0, 0.05) is 5.69 Å². The van der Waals surface area contributed by atoms with Gasteiger partial charge in [0.2, 0.25) is 0 Å². The average Bonchev–Trinajstić information content (AvgIpc) is 2.67. The predicted octanol–water partition coefficient (Wildman–Crippen LogP) is 8.25. The number of unbranched alkanes of at least 4 members (excludes halogenated alkanes) is 14. The van der Waals surface area contributed by atoms with E-state index in [-0.39, 0.29) is 4.11 Å². The Kier molecular flexibility index (Phi) is 15.6. The van der Waals surface area contributed by atoms with Gasteiger partial charge >= 0.3 is 0 Å². The van der Waals surface area contributed by atoms with Crippen molar-refractivity contribution in [3.63, 3.8) is 0 Å². The quantitative estimate of drug-likeness (QED) is 0.0919. The summed E-state index contributed by atoms with van der Waals surface area (Å²) < 4.78 is 6.10. The first kappa shape index (κ1) is 25.4. The van der Waals surface area contributed by atoms with E-state index in [4.69, 9.17) is 16.2 Å². The van der Waals surface area contributed by atoms with Gasteiger partial charge in [-0.15, -0.1) is 0 Å². The Morgan fingerprint density at radius 3 is 1.68 bits per heavy atom. The fraction of sp³-hybridized carbons (Fsp3) is 0.750. The molecule has 0 aliphatic carbocycles. The van der Waals surface area contributed by atoms with Crippen LogP contribution in [0.25, 0.3) is 0 Å². The topological polar surface area (TPSA) is 61.3 Å². The van der Waals surface area contributed by atoms with Crippen LogP contribution in [-0.2, 0) is 0 Å². The molecule has 0 amide bonds. The predicted molar refractivity (Wildman–Crippen MR) is 133 cm³/mol. The molecular formula is C24H43IN2O. The van der Waals surface area contributed by atoms with Gasteiger partial charge in [0.1, 0.15) is 9.86 Å². The molecule has 0 aliphatic rings. The average molecular weight is 503 g/mol. The molecule has 0 aromatic heterocycles. The van der Waals surface area contributed by atoms with E-state index in [1.165, 1.54) is 96.3 Å². The van der Waals surface area contributed by atoms with Crippen molar-refractivity contribution in [2.45, 2.75) is 114 Å². The lowest BCUT2D eigenvalue weighted by atomic mass is 10.0. The molecule has 1 atom stereocenters. The summed E-state index contributed by atoms with van der Waals surface area (Å²) in [7, 11) is 0. The van der Waals surface area contributed by atoms with Gasteiger partial charge in [-0.1, -0.05) is 96.8 Å². The molecule has 0 heterocycles. The number of hydrogen-bond donors (Lipinski definition) is 2. The molecule has 4 heteroatoms. The summed E-state index contributed by atoms with van der Waals surface area (Å²) in [6.45, 7) is 2.29. The largest absolute Gasteiger partial charge is 0.478 e. The third kappa shape index (κ3) is 13.5. The lowest BCUT2D eigenvalue weighted by molar-refractivity contribution is 0.287. The molecule has 1 rings (SSSR count). The van der Waals surface area contributed by atoms with Crippen LogP contribution in [0, 0.1) is 0 Å². The number of ether oxygens (including phenoxy) is 1. The maximum atomic E-state index is 5.95. The molecule has 1 aromatic rings. The first-order chi connectivity index (χ1) is 13.6. The summed E-state index contributed by atoms with van der Waals surface area (Å²) in [5.74, 6) is 0.745. The number of anilines is 2. The Morgan fingerprint density at radius 2 is 1.21 bits per heavy atom. The fourth-order valence-corrected chi connectivity index (χ4v) is 4.26. The third-order valence-corrected chi connectivity index (χ3v) is 6.20. The summed E-state index contributed by atoms with van der Waals surface area (Å²) in [6, 6.07) is 5.46. The molecule has 0 bridgehead atoms. The zero-order valence-corrected chi connectivity index (χ0v) is 20.2. The molecule has 1 aromatic carbocycles. The molecule has 28 heavy (non-hydrogen) atoms. The maximum Gasteiger partial charge on any atom is 0.149 e. The van der Waals surface area contributed by atoms with Gasteiger partial charge in [0.05, 0.1) is 5.69 Å². The standard InChI is InChI=1S/C24H43IN2O/c1-2-3-4-5-6-7-8-9-10-11-12-13-14-15-16-17-24(25)28-23-19-18-21(26)20-22(23)27/h18-20,24H,2-17,26-27H2,1H3. The highest BCUT2D eigenvalue weighted by molar-refractivity contribution is 14.1. The van der Waals surface area contributed by atoms with Crippen molar-refractivity contribution in [1.29, 1.82) is 0 Å². The molecule has 1 unspecified atom stereocenters. The Hall–Kier alpha value is -0.650. The Morgan fingerprint density at radius 1 is 0.750 bits per heavy atom. The molecule has 0 saturated heterocycles. The fourth-order valence-electron chi connectivity index (χ4n) is 3.55. The lowest BCUT2D eigenvalue weighted by Crippen LogP contribution is -2.09. The van der Waals surface area contributed by atoms with E-state index >= 15 is 0 Å². The van der Waals surface area contributed by atoms with Crippen LogP contribution in [0.1, 0.15) is 110 Å². The van der Waals surface area contributed by atoms with Gasteiger partial charge in [-0.25, -0.2) is 0 Å². The highest BCUT2D eigenvalue weighted by atomic mass is 127. The van der Waals surface area contributed by atoms with E-state index in [0.29, 0.717) is 11.4 Å². The minimum atomic E-state index is 0.172. The summed E-state index contributed by atoms with van der Waals surface area (Å²) in [6.07, 6.45) is 22.0. The Balaban J connectivity index is 1.86. The van der Waals surface area contributed by atoms with E-state index in [1.807, 2.05) is 12.1 Å². The second-order valence-corrected chi connectivity index (χ2v) is 9.45. The minimum Gasteiger partial charge on any atom is -0.478 e. The van der Waals surface area contributed by atoms with Gasteiger partial charge < -0.3 is 16.2 Å². The SMILES string of the molecule is CCCCCCCCCCCCCCCCCC(I)Oc1ccc(N)cc1N. The first-order valence-corrected chi connectivity index (χ1v) is 12.8. The van der Waals surface area contributed by atoms with Crippen LogP contribution in [0.15, 0.2) is 18.2 Å². The minimum absolute atomic E-state index is 0.172. The van der Waals surface area contributed by atoms with Gasteiger partial charge in [0.25, 0.3) is 0 Å². The zero-order valence-electron chi connectivity index (χ0n) is 18.1. The van der Waals surface area contributed by atoms with Gasteiger partial charge in [-0.2, -0.15) is 0 Å². The van der Waals surface area contributed by atoms with Crippen molar-refractivity contribution in [2.24, 2.45) is 0 Å². The number of hydrogen-bond acceptors (Lipinski definition) is 3. The smallest absolute Gasteiger partial charge is 0.149 e. The zero-order chi connectivity index (χ0) is 20.5. The highest BCUT2D eigenvalue weighted by Gasteiger charge is 2.08. The van der Waals surface area contributed by atoms with Crippen molar-refractivity contribution >= 4 is 34.0 Å². The number of rotatable bonds is 18. The number of benzene rings is 1. The first-order valence-electron chi connectivity index (χ1n) is 11.6. The van der Waals surface area contributed by atoms with Crippen LogP contribution in [0.5, 0.6) is 5.75 Å². The van der Waals surface area contributed by atoms with E-state index < -0.39 is 0 Å². The molecule has 0 fully saturated rings. The second kappa shape index (κ2) is 17.2. The summed E-state index contributed by atoms with van der Waals surface area (Å²) in [5, 5.41) is 0. The molecule has 0 radical (unpaired) electrons. The van der Waals surface area contributed by atoms with Crippen molar-refractivity contribution < 1.29 is 4.74 Å². The van der Waals surface area contributed by atoms with E-state index in [2.05, 4.69) is 29.5 Å². The van der Waals surface area contributed by atoms with Crippen LogP contribution in [0.3, 0.4) is 0 Å². The number of halogens is 1. The number of alkyl halides is 1. The summed E-state index contributed by atoms with van der Waals surface area (Å²) in [5.41, 5.74) is 13.0. The monoisotopic (exact) mass is 502 g/mol. The summed E-state index contributed by atoms with van der Waals surface area (Å²) in [4.78, 5) is 0. The van der Waals surface area contributed by atoms with Crippen LogP contribution in [0.2, 0.25) is 0 Å². The van der Waals surface area contributed by atoms with Crippen molar-refractivity contribution in [2.75, 3.05) is 11.5 Å². The molecule has 4 N–H and O–H groups in total. The molecule has 162 valence electrons. The molecule has 0 saturated carbocycles. The lowest BCUT2D eigenvalue weighted by Gasteiger charge is -2.15. The van der Waals surface area contributed by atoms with Crippen LogP contribution in [-0.4, -0.2) is 4.11 Å². The van der Waals surface area contributed by atoms with Crippen molar-refractivity contribution in [3.05, 3.63) is 18.2 Å². The normalized spacial score (nSPS) is 12.2. The maximum absolute atomic E-state index is 5.95. The molecule has 3 nitrogen and oxygen atoms in total. The van der Waals surface area contributed by atoms with E-state index in [1.54, 1.807) is 6.07 Å². The Bertz CT molecular complexity index is 495. The van der Waals surface area contributed by atoms with Crippen LogP contribution < -0.4 is 16.2 Å². The molecular weight excluding hydrogens is 459 g/mol. The Labute approximate surface area is 187 Å². The number of nitrogen functional groups attached to an aromatic ring is 2. The van der Waals surface area contributed by atoms with Gasteiger partial charge in [0.15, 0.2) is 0 Å².